The van der Waals surface area contributed by atoms with Crippen molar-refractivity contribution in [3.05, 3.63) is 82.3 Å². The third-order valence-corrected chi connectivity index (χ3v) is 7.35. The van der Waals surface area contributed by atoms with Crippen LogP contribution in [-0.2, 0) is 11.3 Å². The lowest BCUT2D eigenvalue weighted by molar-refractivity contribution is -0.130. The molecule has 3 aromatic rings. The lowest BCUT2D eigenvalue weighted by atomic mass is 10.1. The van der Waals surface area contributed by atoms with Crippen LogP contribution in [0, 0.1) is 6.92 Å². The highest BCUT2D eigenvalue weighted by Gasteiger charge is 2.28. The first-order chi connectivity index (χ1) is 14.7. The number of carbonyl (C=O) groups is 1. The van der Waals surface area contributed by atoms with Crippen LogP contribution in [0.25, 0.3) is 0 Å². The predicted octanol–water partition coefficient (Wildman–Crippen LogP) is 5.02. The molecule has 1 atom stereocenters. The minimum absolute atomic E-state index is 0.210. The topological polar surface area (TPSA) is 36.4 Å². The number of aryl methyl sites for hydroxylation is 1. The Bertz CT molecular complexity index is 945. The zero-order chi connectivity index (χ0) is 20.8. The van der Waals surface area contributed by atoms with Gasteiger partial charge in [0.05, 0.1) is 10.7 Å². The van der Waals surface area contributed by atoms with Crippen LogP contribution in [0.2, 0.25) is 0 Å². The van der Waals surface area contributed by atoms with E-state index < -0.39 is 0 Å². The second-order valence-corrected chi connectivity index (χ2v) is 9.78. The second kappa shape index (κ2) is 10.2. The van der Waals surface area contributed by atoms with E-state index in [-0.39, 0.29) is 11.2 Å². The lowest BCUT2D eigenvalue weighted by Crippen LogP contribution is -2.37. The van der Waals surface area contributed by atoms with Crippen molar-refractivity contribution in [2.75, 3.05) is 26.2 Å². The average molecular weight is 438 g/mol. The largest absolute Gasteiger partial charge is 0.340 e. The normalized spacial score (nSPS) is 16.2. The summed E-state index contributed by atoms with van der Waals surface area (Å²) in [6, 6.07) is 20.4. The summed E-state index contributed by atoms with van der Waals surface area (Å²) < 4.78 is 0. The summed E-state index contributed by atoms with van der Waals surface area (Å²) in [5.41, 5.74) is 2.20. The van der Waals surface area contributed by atoms with Gasteiger partial charge in [-0.25, -0.2) is 4.98 Å². The van der Waals surface area contributed by atoms with Gasteiger partial charge in [0.15, 0.2) is 0 Å². The van der Waals surface area contributed by atoms with E-state index in [4.69, 9.17) is 0 Å². The number of rotatable bonds is 6. The van der Waals surface area contributed by atoms with Gasteiger partial charge in [-0.1, -0.05) is 48.5 Å². The molecule has 0 aliphatic carbocycles. The molecule has 2 aromatic carbocycles. The van der Waals surface area contributed by atoms with E-state index in [1.54, 1.807) is 23.1 Å². The number of aromatic nitrogens is 1. The Hall–Kier alpha value is -2.15. The van der Waals surface area contributed by atoms with Crippen molar-refractivity contribution in [2.45, 2.75) is 30.0 Å². The highest BCUT2D eigenvalue weighted by atomic mass is 32.2. The number of hydrogen-bond donors (Lipinski definition) is 0. The SMILES string of the molecule is Cc1nc(CN2CCCN(C(=O)C(Sc3ccccc3)c3ccccc3)CC2)cs1. The van der Waals surface area contributed by atoms with Crippen molar-refractivity contribution in [2.24, 2.45) is 0 Å². The highest BCUT2D eigenvalue weighted by molar-refractivity contribution is 8.00. The van der Waals surface area contributed by atoms with Gasteiger partial charge in [0, 0.05) is 43.0 Å². The molecular weight excluding hydrogens is 410 g/mol. The van der Waals surface area contributed by atoms with Crippen molar-refractivity contribution >= 4 is 29.0 Å². The molecule has 4 nitrogen and oxygen atoms in total. The summed E-state index contributed by atoms with van der Waals surface area (Å²) in [7, 11) is 0. The van der Waals surface area contributed by atoms with Crippen molar-refractivity contribution < 1.29 is 4.79 Å². The Labute approximate surface area is 186 Å². The number of benzene rings is 2. The van der Waals surface area contributed by atoms with E-state index in [1.807, 2.05) is 43.3 Å². The number of amides is 1. The van der Waals surface area contributed by atoms with Gasteiger partial charge in [0.25, 0.3) is 0 Å². The van der Waals surface area contributed by atoms with Crippen LogP contribution in [-0.4, -0.2) is 46.9 Å². The molecule has 4 rings (SSSR count). The fourth-order valence-electron chi connectivity index (χ4n) is 3.75. The van der Waals surface area contributed by atoms with Gasteiger partial charge in [-0.2, -0.15) is 0 Å². The smallest absolute Gasteiger partial charge is 0.240 e. The first-order valence-corrected chi connectivity index (χ1v) is 12.1. The number of carbonyl (C=O) groups excluding carboxylic acids is 1. The van der Waals surface area contributed by atoms with Crippen LogP contribution in [0.15, 0.2) is 70.9 Å². The molecule has 1 fully saturated rings. The van der Waals surface area contributed by atoms with E-state index in [1.165, 1.54) is 0 Å². The Morgan fingerprint density at radius 3 is 2.47 bits per heavy atom. The van der Waals surface area contributed by atoms with Crippen molar-refractivity contribution in [3.8, 4) is 0 Å². The van der Waals surface area contributed by atoms with Crippen LogP contribution < -0.4 is 0 Å². The molecular formula is C24H27N3OS2. The third-order valence-electron chi connectivity index (χ3n) is 5.28. The Morgan fingerprint density at radius 1 is 1.03 bits per heavy atom. The fraction of sp³-hybridized carbons (Fsp3) is 0.333. The van der Waals surface area contributed by atoms with Crippen LogP contribution in [0.3, 0.4) is 0 Å². The molecule has 2 heterocycles. The van der Waals surface area contributed by atoms with Crippen molar-refractivity contribution in [3.63, 3.8) is 0 Å². The molecule has 1 unspecified atom stereocenters. The van der Waals surface area contributed by atoms with E-state index in [0.29, 0.717) is 0 Å². The van der Waals surface area contributed by atoms with Gasteiger partial charge in [-0.3, -0.25) is 9.69 Å². The number of nitrogens with zero attached hydrogens (tertiary/aromatic N) is 3. The molecule has 30 heavy (non-hydrogen) atoms. The molecule has 1 aromatic heterocycles. The van der Waals surface area contributed by atoms with Gasteiger partial charge in [0.2, 0.25) is 5.91 Å². The van der Waals surface area contributed by atoms with Crippen LogP contribution >= 0.6 is 23.1 Å². The molecule has 0 spiro atoms. The minimum atomic E-state index is -0.221. The highest BCUT2D eigenvalue weighted by Crippen LogP contribution is 2.36. The molecule has 0 N–H and O–H groups in total. The third kappa shape index (κ3) is 5.50. The van der Waals surface area contributed by atoms with Gasteiger partial charge in [-0.15, -0.1) is 23.1 Å². The quantitative estimate of drug-likeness (QED) is 0.508. The first kappa shape index (κ1) is 21.1. The maximum atomic E-state index is 13.6. The van der Waals surface area contributed by atoms with E-state index in [9.17, 15) is 4.79 Å². The van der Waals surface area contributed by atoms with Crippen LogP contribution in [0.4, 0.5) is 0 Å². The summed E-state index contributed by atoms with van der Waals surface area (Å²) in [6.45, 7) is 6.38. The monoisotopic (exact) mass is 437 g/mol. The van der Waals surface area contributed by atoms with Crippen LogP contribution in [0.5, 0.6) is 0 Å². The summed E-state index contributed by atoms with van der Waals surface area (Å²) in [4.78, 5) is 23.8. The van der Waals surface area contributed by atoms with Crippen molar-refractivity contribution in [1.29, 1.82) is 0 Å². The van der Waals surface area contributed by atoms with Gasteiger partial charge in [0.1, 0.15) is 5.25 Å². The molecule has 1 saturated heterocycles. The molecule has 6 heteroatoms. The number of hydrogen-bond acceptors (Lipinski definition) is 5. The van der Waals surface area contributed by atoms with Gasteiger partial charge in [-0.05, 0) is 31.0 Å². The molecule has 1 aliphatic rings. The van der Waals surface area contributed by atoms with Gasteiger partial charge < -0.3 is 4.90 Å². The zero-order valence-electron chi connectivity index (χ0n) is 17.2. The summed E-state index contributed by atoms with van der Waals surface area (Å²) >= 11 is 3.34. The molecule has 0 bridgehead atoms. The lowest BCUT2D eigenvalue weighted by Gasteiger charge is -2.26. The summed E-state index contributed by atoms with van der Waals surface area (Å²) in [5.74, 6) is 0.210. The minimum Gasteiger partial charge on any atom is -0.340 e. The molecule has 1 amide bonds. The Balaban J connectivity index is 1.45. The molecule has 0 saturated carbocycles. The van der Waals surface area contributed by atoms with Crippen LogP contribution in [0.1, 0.15) is 27.9 Å². The summed E-state index contributed by atoms with van der Waals surface area (Å²) in [6.07, 6.45) is 0.992. The average Bonchev–Trinajstić information content (AvgIpc) is 3.04. The maximum Gasteiger partial charge on any atom is 0.240 e. The first-order valence-electron chi connectivity index (χ1n) is 10.4. The van der Waals surface area contributed by atoms with E-state index >= 15 is 0 Å². The van der Waals surface area contributed by atoms with Crippen molar-refractivity contribution in [1.82, 2.24) is 14.8 Å². The van der Waals surface area contributed by atoms with Gasteiger partial charge >= 0.3 is 0 Å². The molecule has 156 valence electrons. The summed E-state index contributed by atoms with van der Waals surface area (Å²) in [5, 5.41) is 3.03. The predicted molar refractivity (Wildman–Crippen MR) is 125 cm³/mol. The number of thiazole rings is 1. The Kier molecular flexibility index (Phi) is 7.20. The second-order valence-electron chi connectivity index (χ2n) is 7.53. The van der Waals surface area contributed by atoms with E-state index in [2.05, 4.69) is 44.4 Å². The zero-order valence-corrected chi connectivity index (χ0v) is 18.9. The Morgan fingerprint density at radius 2 is 1.77 bits per heavy atom. The fourth-order valence-corrected chi connectivity index (χ4v) is 5.48. The number of thioether (sulfide) groups is 1. The van der Waals surface area contributed by atoms with E-state index in [0.717, 1.165) is 60.3 Å². The molecule has 0 radical (unpaired) electrons. The molecule has 1 aliphatic heterocycles. The maximum absolute atomic E-state index is 13.6. The standard InChI is InChI=1S/C24H27N3OS2/c1-19-25-21(18-29-19)17-26-13-8-14-27(16-15-26)24(28)23(20-9-4-2-5-10-20)30-22-11-6-3-7-12-22/h2-7,9-12,18,23H,8,13-17H2,1H3.